The quantitative estimate of drug-likeness (QED) is 0.326. The third-order valence-electron chi connectivity index (χ3n) is 4.99. The molecule has 1 aliphatic carbocycles. The predicted octanol–water partition coefficient (Wildman–Crippen LogP) is 0.743. The first-order valence-corrected chi connectivity index (χ1v) is 8.63. The van der Waals surface area contributed by atoms with E-state index in [0.717, 1.165) is 0 Å². The van der Waals surface area contributed by atoms with Crippen molar-refractivity contribution in [3.8, 4) is 0 Å². The lowest BCUT2D eigenvalue weighted by Crippen LogP contribution is -2.51. The first-order valence-electron chi connectivity index (χ1n) is 8.63. The smallest absolute Gasteiger partial charge is 0.451 e. The van der Waals surface area contributed by atoms with Gasteiger partial charge >= 0.3 is 13.1 Å². The number of unbranched alkanes of at least 4 members (excludes halogenated alkanes) is 1. The average molecular weight is 342 g/mol. The van der Waals surface area contributed by atoms with Gasteiger partial charge in [0, 0.05) is 6.04 Å². The third-order valence-corrected chi connectivity index (χ3v) is 4.99. The third kappa shape index (κ3) is 5.75. The van der Waals surface area contributed by atoms with E-state index in [1.54, 1.807) is 0 Å². The molecule has 3 atom stereocenters. The molecule has 0 spiro atoms. The molecule has 7 nitrogen and oxygen atoms in total. The number of hydrogen-bond acceptors (Lipinski definition) is 5. The molecule has 138 valence electrons. The van der Waals surface area contributed by atoms with Crippen molar-refractivity contribution in [1.29, 1.82) is 0 Å². The molecule has 0 saturated heterocycles. The van der Waals surface area contributed by atoms with Crippen molar-refractivity contribution < 1.29 is 24.7 Å². The molecule has 1 aliphatic rings. The zero-order valence-electron chi connectivity index (χ0n) is 14.9. The van der Waals surface area contributed by atoms with Crippen LogP contribution in [0.3, 0.4) is 0 Å². The van der Waals surface area contributed by atoms with Crippen LogP contribution in [-0.2, 0) is 9.59 Å². The SMILES string of the molecule is CC(C)(C)[C@H](N)C(=O)N[C@H]1CC[C@@](CCCCB(O)O)(C(=O)O)C1. The predicted molar refractivity (Wildman–Crippen MR) is 92.1 cm³/mol. The molecule has 0 aromatic heterocycles. The van der Waals surface area contributed by atoms with Crippen molar-refractivity contribution in [3.63, 3.8) is 0 Å². The lowest BCUT2D eigenvalue weighted by Gasteiger charge is -2.28. The monoisotopic (exact) mass is 342 g/mol. The fraction of sp³-hybridized carbons (Fsp3) is 0.875. The van der Waals surface area contributed by atoms with Crippen molar-refractivity contribution in [2.75, 3.05) is 0 Å². The Morgan fingerprint density at radius 3 is 2.46 bits per heavy atom. The maximum atomic E-state index is 12.2. The number of carboxylic acids is 1. The topological polar surface area (TPSA) is 133 Å². The summed E-state index contributed by atoms with van der Waals surface area (Å²) in [5, 5.41) is 30.2. The highest BCUT2D eigenvalue weighted by Gasteiger charge is 2.45. The fourth-order valence-electron chi connectivity index (χ4n) is 3.25. The first-order chi connectivity index (χ1) is 11.0. The number of carboxylic acid groups (broad SMARTS) is 1. The molecule has 0 radical (unpaired) electrons. The van der Waals surface area contributed by atoms with E-state index >= 15 is 0 Å². The highest BCUT2D eigenvalue weighted by Crippen LogP contribution is 2.43. The van der Waals surface area contributed by atoms with E-state index < -0.39 is 24.5 Å². The van der Waals surface area contributed by atoms with Crippen LogP contribution in [0.2, 0.25) is 6.32 Å². The van der Waals surface area contributed by atoms with Crippen molar-refractivity contribution in [2.45, 2.75) is 77.7 Å². The van der Waals surface area contributed by atoms with Crippen LogP contribution >= 0.6 is 0 Å². The van der Waals surface area contributed by atoms with Gasteiger partial charge < -0.3 is 26.2 Å². The summed E-state index contributed by atoms with van der Waals surface area (Å²) in [7, 11) is -1.35. The summed E-state index contributed by atoms with van der Waals surface area (Å²) in [5.41, 5.74) is 4.76. The normalized spacial score (nSPS) is 25.3. The summed E-state index contributed by atoms with van der Waals surface area (Å²) in [5.74, 6) is -1.08. The Morgan fingerprint density at radius 2 is 1.96 bits per heavy atom. The summed E-state index contributed by atoms with van der Waals surface area (Å²) in [6.07, 6.45) is 3.44. The fourth-order valence-corrected chi connectivity index (χ4v) is 3.25. The van der Waals surface area contributed by atoms with Gasteiger partial charge in [-0.3, -0.25) is 9.59 Å². The maximum Gasteiger partial charge on any atom is 0.451 e. The molecule has 6 N–H and O–H groups in total. The van der Waals surface area contributed by atoms with Crippen LogP contribution in [0.1, 0.15) is 59.3 Å². The van der Waals surface area contributed by atoms with Crippen molar-refractivity contribution in [1.82, 2.24) is 5.32 Å². The standard InChI is InChI=1S/C16H31BN2O5/c1-15(2,3)12(18)13(20)19-11-6-8-16(10-11,14(21)22)7-4-5-9-17(23)24/h11-12,23-24H,4-10,18H2,1-3H3,(H,19,20)(H,21,22)/t11-,12+,16+/m0/s1. The molecule has 1 amide bonds. The summed E-state index contributed by atoms with van der Waals surface area (Å²) < 4.78 is 0. The number of carbonyl (C=O) groups excluding carboxylic acids is 1. The number of amides is 1. The minimum Gasteiger partial charge on any atom is -0.481 e. The van der Waals surface area contributed by atoms with Crippen LogP contribution in [0.15, 0.2) is 0 Å². The molecule has 8 heteroatoms. The van der Waals surface area contributed by atoms with Gasteiger partial charge in [0.1, 0.15) is 0 Å². The highest BCUT2D eigenvalue weighted by atomic mass is 16.4. The molecule has 0 bridgehead atoms. The molecule has 0 aromatic carbocycles. The molecule has 0 unspecified atom stereocenters. The Bertz CT molecular complexity index is 452. The lowest BCUT2D eigenvalue weighted by atomic mass is 9.78. The van der Waals surface area contributed by atoms with E-state index in [4.69, 9.17) is 15.8 Å². The number of carbonyl (C=O) groups is 2. The summed E-state index contributed by atoms with van der Waals surface area (Å²) in [6, 6.07) is -0.811. The van der Waals surface area contributed by atoms with E-state index in [9.17, 15) is 14.7 Å². The van der Waals surface area contributed by atoms with Crippen LogP contribution in [0, 0.1) is 10.8 Å². The van der Waals surface area contributed by atoms with E-state index in [2.05, 4.69) is 5.32 Å². The number of aliphatic carboxylic acids is 1. The van der Waals surface area contributed by atoms with Gasteiger partial charge in [0.2, 0.25) is 5.91 Å². The molecule has 0 aliphatic heterocycles. The van der Waals surface area contributed by atoms with Crippen LogP contribution in [0.25, 0.3) is 0 Å². The van der Waals surface area contributed by atoms with Crippen molar-refractivity contribution in [2.24, 2.45) is 16.6 Å². The maximum absolute atomic E-state index is 12.2. The Kier molecular flexibility index (Phi) is 7.25. The largest absolute Gasteiger partial charge is 0.481 e. The van der Waals surface area contributed by atoms with Crippen LogP contribution in [0.4, 0.5) is 0 Å². The molecular formula is C16H31BN2O5. The van der Waals surface area contributed by atoms with Crippen molar-refractivity contribution in [3.05, 3.63) is 0 Å². The van der Waals surface area contributed by atoms with Gasteiger partial charge in [-0.05, 0) is 37.4 Å². The van der Waals surface area contributed by atoms with E-state index in [1.165, 1.54) is 0 Å². The van der Waals surface area contributed by atoms with Crippen LogP contribution in [0.5, 0.6) is 0 Å². The van der Waals surface area contributed by atoms with E-state index in [0.29, 0.717) is 38.5 Å². The first kappa shape index (κ1) is 20.9. The Balaban J connectivity index is 2.58. The minimum absolute atomic E-state index is 0.176. The minimum atomic E-state index is -1.35. The molecule has 0 aromatic rings. The van der Waals surface area contributed by atoms with Gasteiger partial charge in [-0.2, -0.15) is 0 Å². The van der Waals surface area contributed by atoms with Gasteiger partial charge in [-0.15, -0.1) is 0 Å². The van der Waals surface area contributed by atoms with Gasteiger partial charge in [0.25, 0.3) is 0 Å². The highest BCUT2D eigenvalue weighted by molar-refractivity contribution is 6.40. The second-order valence-corrected chi connectivity index (χ2v) is 8.10. The van der Waals surface area contributed by atoms with Crippen LogP contribution < -0.4 is 11.1 Å². The zero-order valence-corrected chi connectivity index (χ0v) is 14.9. The van der Waals surface area contributed by atoms with Crippen molar-refractivity contribution >= 4 is 19.0 Å². The van der Waals surface area contributed by atoms with Gasteiger partial charge in [0.15, 0.2) is 0 Å². The number of nitrogens with one attached hydrogen (secondary N) is 1. The Labute approximate surface area is 144 Å². The van der Waals surface area contributed by atoms with E-state index in [1.807, 2.05) is 20.8 Å². The summed E-state index contributed by atoms with van der Waals surface area (Å²) >= 11 is 0. The van der Waals surface area contributed by atoms with Crippen LogP contribution in [-0.4, -0.2) is 46.2 Å². The molecule has 0 heterocycles. The van der Waals surface area contributed by atoms with Gasteiger partial charge in [-0.25, -0.2) is 0 Å². The average Bonchev–Trinajstić information content (AvgIpc) is 2.86. The van der Waals surface area contributed by atoms with E-state index in [-0.39, 0.29) is 23.7 Å². The van der Waals surface area contributed by atoms with Gasteiger partial charge in [0.05, 0.1) is 11.5 Å². The number of hydrogen-bond donors (Lipinski definition) is 5. The molecule has 1 fully saturated rings. The summed E-state index contributed by atoms with van der Waals surface area (Å²) in [6.45, 7) is 5.68. The van der Waals surface area contributed by atoms with Gasteiger partial charge in [-0.1, -0.05) is 33.6 Å². The Hall–Kier alpha value is -1.12. The second kappa shape index (κ2) is 8.31. The molecule has 24 heavy (non-hydrogen) atoms. The molecule has 1 rings (SSSR count). The second-order valence-electron chi connectivity index (χ2n) is 8.10. The molecule has 1 saturated carbocycles. The summed E-state index contributed by atoms with van der Waals surface area (Å²) in [4.78, 5) is 24.0. The zero-order chi connectivity index (χ0) is 18.5. The molecular weight excluding hydrogens is 311 g/mol. The number of nitrogens with two attached hydrogens (primary N) is 1. The Morgan fingerprint density at radius 1 is 1.33 bits per heavy atom. The lowest BCUT2D eigenvalue weighted by molar-refractivity contribution is -0.149. The number of rotatable bonds is 8.